The number of amides is 6. The molecule has 0 aliphatic heterocycles. The smallest absolute Gasteiger partial charge is 0.245 e. The van der Waals surface area contributed by atoms with Gasteiger partial charge in [0.1, 0.15) is 36.0 Å². The average Bonchev–Trinajstić information content (AvgIpc) is 2.88. The van der Waals surface area contributed by atoms with E-state index in [0.717, 1.165) is 6.92 Å². The van der Waals surface area contributed by atoms with E-state index in [9.17, 15) is 49.2 Å². The monoisotopic (exact) mass is 597 g/mol. The van der Waals surface area contributed by atoms with Crippen molar-refractivity contribution in [3.63, 3.8) is 0 Å². The molecule has 6 amide bonds. The molecular formula is C25H39N7O10. The fourth-order valence-electron chi connectivity index (χ4n) is 3.58. The number of aliphatic hydroxyl groups excluding tert-OH is 3. The molecule has 8 atom stereocenters. The summed E-state index contributed by atoms with van der Waals surface area (Å²) in [5.74, 6) is -6.35. The third-order valence-electron chi connectivity index (χ3n) is 6.02. The molecule has 0 fully saturated rings. The molecule has 0 spiro atoms. The van der Waals surface area contributed by atoms with Crippen LogP contribution in [0.5, 0.6) is 5.75 Å². The van der Waals surface area contributed by atoms with Crippen molar-refractivity contribution >= 4 is 35.4 Å². The molecule has 42 heavy (non-hydrogen) atoms. The summed E-state index contributed by atoms with van der Waals surface area (Å²) >= 11 is 0. The molecule has 0 unspecified atom stereocenters. The molecule has 0 saturated heterocycles. The molecule has 1 aromatic rings. The van der Waals surface area contributed by atoms with E-state index >= 15 is 0 Å². The van der Waals surface area contributed by atoms with Gasteiger partial charge in [0.15, 0.2) is 0 Å². The van der Waals surface area contributed by atoms with E-state index in [0.29, 0.717) is 5.56 Å². The van der Waals surface area contributed by atoms with Crippen molar-refractivity contribution < 1.29 is 49.2 Å². The van der Waals surface area contributed by atoms with E-state index in [1.54, 1.807) is 0 Å². The minimum Gasteiger partial charge on any atom is -0.508 e. The van der Waals surface area contributed by atoms with Gasteiger partial charge in [0.2, 0.25) is 35.4 Å². The Hall–Kier alpha value is -4.32. The van der Waals surface area contributed by atoms with E-state index in [1.165, 1.54) is 38.1 Å². The Balaban J connectivity index is 3.26. The van der Waals surface area contributed by atoms with Crippen molar-refractivity contribution in [1.29, 1.82) is 0 Å². The zero-order chi connectivity index (χ0) is 32.3. The zero-order valence-electron chi connectivity index (χ0n) is 23.3. The predicted molar refractivity (Wildman–Crippen MR) is 146 cm³/mol. The van der Waals surface area contributed by atoms with Crippen LogP contribution in [-0.2, 0) is 35.2 Å². The standard InChI is InChI=1S/C25H39N7O10/c1-10(33)18(27)24(41)32-20(12(3)35)25(42)30-16(9-17(26)37)22(39)29-15(8-13-4-6-14(36)7-5-13)23(40)31-19(11(2)34)21(28)38/h4-7,10-12,15-16,18-20,33-36H,8-9,27H2,1-3H3,(H2,26,37)(H2,28,38)(H,29,39)(H,30,42)(H,31,40)(H,32,41)/t10-,11-,12-,15+,16+,18+,19+,20+/m1/s1. The SMILES string of the molecule is C[C@@H](O)[C@H](N)C(=O)N[C@H](C(=O)N[C@@H](CC(N)=O)C(=O)N[C@@H](Cc1ccc(O)cc1)C(=O)N[C@H](C(N)=O)[C@@H](C)O)[C@@H](C)O. The number of phenolic OH excluding ortho intramolecular Hbond substituents is 1. The maximum Gasteiger partial charge on any atom is 0.245 e. The summed E-state index contributed by atoms with van der Waals surface area (Å²) in [6.07, 6.45) is -5.20. The van der Waals surface area contributed by atoms with Crippen LogP contribution in [0.15, 0.2) is 24.3 Å². The minimum atomic E-state index is -1.71. The van der Waals surface area contributed by atoms with E-state index in [1.807, 2.05) is 0 Å². The van der Waals surface area contributed by atoms with E-state index in [2.05, 4.69) is 21.3 Å². The van der Waals surface area contributed by atoms with Gasteiger partial charge in [0, 0.05) is 6.42 Å². The number of aromatic hydroxyl groups is 1. The highest BCUT2D eigenvalue weighted by Crippen LogP contribution is 2.12. The van der Waals surface area contributed by atoms with Crippen molar-refractivity contribution in [2.24, 2.45) is 17.2 Å². The number of benzene rings is 1. The first-order chi connectivity index (χ1) is 19.4. The second-order valence-corrected chi connectivity index (χ2v) is 9.79. The van der Waals surface area contributed by atoms with Crippen molar-refractivity contribution in [2.75, 3.05) is 0 Å². The van der Waals surface area contributed by atoms with Gasteiger partial charge in [-0.3, -0.25) is 28.8 Å². The molecule has 14 N–H and O–H groups in total. The lowest BCUT2D eigenvalue weighted by Crippen LogP contribution is -2.62. The highest BCUT2D eigenvalue weighted by Gasteiger charge is 2.34. The summed E-state index contributed by atoms with van der Waals surface area (Å²) in [4.78, 5) is 75.0. The molecule has 234 valence electrons. The quantitative estimate of drug-likeness (QED) is 0.0854. The Kier molecular flexibility index (Phi) is 13.8. The first kappa shape index (κ1) is 35.7. The maximum absolute atomic E-state index is 13.2. The van der Waals surface area contributed by atoms with Crippen LogP contribution >= 0.6 is 0 Å². The molecule has 0 heterocycles. The van der Waals surface area contributed by atoms with Crippen LogP contribution in [0.1, 0.15) is 32.8 Å². The number of aliphatic hydroxyl groups is 3. The topological polar surface area (TPSA) is 310 Å². The Morgan fingerprint density at radius 3 is 1.62 bits per heavy atom. The third-order valence-corrected chi connectivity index (χ3v) is 6.02. The van der Waals surface area contributed by atoms with Gasteiger partial charge in [-0.2, -0.15) is 0 Å². The summed E-state index contributed by atoms with van der Waals surface area (Å²) < 4.78 is 0. The first-order valence-corrected chi connectivity index (χ1v) is 12.8. The summed E-state index contributed by atoms with van der Waals surface area (Å²) in [6, 6.07) is -2.31. The molecule has 17 heteroatoms. The highest BCUT2D eigenvalue weighted by molar-refractivity contribution is 5.97. The molecule has 0 aliphatic carbocycles. The summed E-state index contributed by atoms with van der Waals surface area (Å²) in [5, 5.41) is 47.9. The molecule has 17 nitrogen and oxygen atoms in total. The van der Waals surface area contributed by atoms with E-state index in [-0.39, 0.29) is 12.2 Å². The lowest BCUT2D eigenvalue weighted by atomic mass is 10.0. The van der Waals surface area contributed by atoms with Crippen molar-refractivity contribution in [3.8, 4) is 5.75 Å². The highest BCUT2D eigenvalue weighted by atomic mass is 16.3. The van der Waals surface area contributed by atoms with Crippen LogP contribution in [0.2, 0.25) is 0 Å². The lowest BCUT2D eigenvalue weighted by molar-refractivity contribution is -0.137. The number of hydrogen-bond acceptors (Lipinski definition) is 11. The summed E-state index contributed by atoms with van der Waals surface area (Å²) in [6.45, 7) is 3.58. The maximum atomic E-state index is 13.2. The normalized spacial score (nSPS) is 16.7. The number of carbonyl (C=O) groups is 6. The fourth-order valence-corrected chi connectivity index (χ4v) is 3.58. The largest absolute Gasteiger partial charge is 0.508 e. The number of primary amides is 2. The number of nitrogens with one attached hydrogen (secondary N) is 4. The Morgan fingerprint density at radius 1 is 0.690 bits per heavy atom. The van der Waals surface area contributed by atoms with Crippen molar-refractivity contribution in [1.82, 2.24) is 21.3 Å². The second kappa shape index (κ2) is 16.2. The van der Waals surface area contributed by atoms with Gasteiger partial charge in [-0.05, 0) is 38.5 Å². The predicted octanol–water partition coefficient (Wildman–Crippen LogP) is -5.30. The molecular weight excluding hydrogens is 558 g/mol. The fraction of sp³-hybridized carbons (Fsp3) is 0.520. The second-order valence-electron chi connectivity index (χ2n) is 9.79. The summed E-state index contributed by atoms with van der Waals surface area (Å²) in [5.41, 5.74) is 16.5. The van der Waals surface area contributed by atoms with Gasteiger partial charge < -0.3 is 58.9 Å². The molecule has 0 saturated carbocycles. The van der Waals surface area contributed by atoms with Crippen molar-refractivity contribution in [2.45, 2.75) is 82.1 Å². The number of phenols is 1. The van der Waals surface area contributed by atoms with Crippen LogP contribution in [-0.4, -0.2) is 104 Å². The van der Waals surface area contributed by atoms with Gasteiger partial charge in [-0.25, -0.2) is 0 Å². The zero-order valence-corrected chi connectivity index (χ0v) is 23.3. The van der Waals surface area contributed by atoms with Gasteiger partial charge >= 0.3 is 0 Å². The van der Waals surface area contributed by atoms with Crippen LogP contribution < -0.4 is 38.5 Å². The van der Waals surface area contributed by atoms with Gasteiger partial charge in [-0.1, -0.05) is 12.1 Å². The number of hydrogen-bond donors (Lipinski definition) is 11. The van der Waals surface area contributed by atoms with Gasteiger partial charge in [-0.15, -0.1) is 0 Å². The van der Waals surface area contributed by atoms with Gasteiger partial charge in [0.05, 0.1) is 24.7 Å². The summed E-state index contributed by atoms with van der Waals surface area (Å²) in [7, 11) is 0. The van der Waals surface area contributed by atoms with Crippen LogP contribution in [0.4, 0.5) is 0 Å². The molecule has 0 aromatic heterocycles. The molecule has 1 aromatic carbocycles. The molecule has 0 aliphatic rings. The van der Waals surface area contributed by atoms with E-state index < -0.39 is 90.4 Å². The van der Waals surface area contributed by atoms with Crippen molar-refractivity contribution in [3.05, 3.63) is 29.8 Å². The Labute approximate surface area is 241 Å². The molecule has 0 bridgehead atoms. The van der Waals surface area contributed by atoms with Crippen LogP contribution in [0.25, 0.3) is 0 Å². The lowest BCUT2D eigenvalue weighted by Gasteiger charge is -2.27. The molecule has 1 rings (SSSR count). The van der Waals surface area contributed by atoms with Gasteiger partial charge in [0.25, 0.3) is 0 Å². The Morgan fingerprint density at radius 2 is 1.17 bits per heavy atom. The molecule has 0 radical (unpaired) electrons. The Bertz CT molecular complexity index is 1130. The first-order valence-electron chi connectivity index (χ1n) is 12.8. The van der Waals surface area contributed by atoms with Crippen LogP contribution in [0, 0.1) is 0 Å². The number of carbonyl (C=O) groups excluding carboxylic acids is 6. The van der Waals surface area contributed by atoms with E-state index in [4.69, 9.17) is 17.2 Å². The number of rotatable bonds is 16. The third kappa shape index (κ3) is 11.3. The number of nitrogens with two attached hydrogens (primary N) is 3. The average molecular weight is 598 g/mol. The minimum absolute atomic E-state index is 0.0786. The van der Waals surface area contributed by atoms with Crippen LogP contribution in [0.3, 0.4) is 0 Å².